The number of carbonyl (C=O) groups is 1. The third kappa shape index (κ3) is 2.90. The fourth-order valence-electron chi connectivity index (χ4n) is 2.48. The van der Waals surface area contributed by atoms with E-state index in [0.29, 0.717) is 13.0 Å². The molecule has 1 N–H and O–H groups in total. The fraction of sp³-hybridized carbons (Fsp3) is 0.167. The van der Waals surface area contributed by atoms with Crippen LogP contribution in [0.1, 0.15) is 6.42 Å². The molecule has 1 atom stereocenters. The lowest BCUT2D eigenvalue weighted by molar-refractivity contribution is -0.117. The molecule has 0 aromatic heterocycles. The van der Waals surface area contributed by atoms with Crippen molar-refractivity contribution in [3.8, 4) is 12.3 Å². The van der Waals surface area contributed by atoms with Gasteiger partial charge in [-0.2, -0.15) is 0 Å². The second-order valence-corrected chi connectivity index (χ2v) is 5.11. The number of nitrogens with one attached hydrogen (secondary N) is 1. The molecule has 0 bridgehead atoms. The second-order valence-electron chi connectivity index (χ2n) is 5.11. The molecule has 1 unspecified atom stereocenters. The Morgan fingerprint density at radius 2 is 1.71 bits per heavy atom. The maximum absolute atomic E-state index is 11.9. The summed E-state index contributed by atoms with van der Waals surface area (Å²) < 4.78 is 0. The standard InChI is InChI=1S/C18H16N2O/c1-2-14-12-18(21)20(13-14)17-10-8-16(9-11-17)19-15-6-4-3-5-7-15/h1,3-11,14,19H,12-13H2. The first kappa shape index (κ1) is 13.3. The van der Waals surface area contributed by atoms with Crippen LogP contribution in [0.25, 0.3) is 0 Å². The van der Waals surface area contributed by atoms with Crippen molar-refractivity contribution in [1.82, 2.24) is 0 Å². The molecule has 1 fully saturated rings. The molecule has 2 aromatic rings. The molecule has 0 spiro atoms. The smallest absolute Gasteiger partial charge is 0.228 e. The number of benzene rings is 2. The number of hydrogen-bond donors (Lipinski definition) is 1. The Morgan fingerprint density at radius 1 is 1.05 bits per heavy atom. The largest absolute Gasteiger partial charge is 0.356 e. The van der Waals surface area contributed by atoms with Gasteiger partial charge in [-0.1, -0.05) is 18.2 Å². The molecular formula is C18H16N2O. The van der Waals surface area contributed by atoms with Gasteiger partial charge in [0.1, 0.15) is 0 Å². The summed E-state index contributed by atoms with van der Waals surface area (Å²) in [4.78, 5) is 13.7. The Labute approximate surface area is 124 Å². The normalized spacial score (nSPS) is 17.6. The van der Waals surface area contributed by atoms with Crippen LogP contribution in [-0.2, 0) is 4.79 Å². The molecule has 21 heavy (non-hydrogen) atoms. The summed E-state index contributed by atoms with van der Waals surface area (Å²) in [6.45, 7) is 0.612. The molecule has 1 amide bonds. The van der Waals surface area contributed by atoms with Crippen LogP contribution in [-0.4, -0.2) is 12.5 Å². The summed E-state index contributed by atoms with van der Waals surface area (Å²) in [5.41, 5.74) is 2.93. The van der Waals surface area contributed by atoms with E-state index < -0.39 is 0 Å². The monoisotopic (exact) mass is 276 g/mol. The Kier molecular flexibility index (Phi) is 3.61. The molecule has 1 aliphatic rings. The number of hydrogen-bond acceptors (Lipinski definition) is 2. The second kappa shape index (κ2) is 5.72. The number of carbonyl (C=O) groups excluding carboxylic acids is 1. The van der Waals surface area contributed by atoms with Gasteiger partial charge in [0.25, 0.3) is 0 Å². The van der Waals surface area contributed by atoms with E-state index in [4.69, 9.17) is 6.42 Å². The number of terminal acetylenes is 1. The molecule has 1 heterocycles. The predicted octanol–water partition coefficient (Wildman–Crippen LogP) is 3.42. The molecule has 3 nitrogen and oxygen atoms in total. The van der Waals surface area contributed by atoms with Crippen LogP contribution in [0.15, 0.2) is 54.6 Å². The summed E-state index contributed by atoms with van der Waals surface area (Å²) in [7, 11) is 0. The number of rotatable bonds is 3. The number of amides is 1. The van der Waals surface area contributed by atoms with Crippen LogP contribution in [0.2, 0.25) is 0 Å². The zero-order chi connectivity index (χ0) is 14.7. The number of nitrogens with zero attached hydrogens (tertiary/aromatic N) is 1. The van der Waals surface area contributed by atoms with Gasteiger partial charge in [0, 0.05) is 35.9 Å². The highest BCUT2D eigenvalue weighted by atomic mass is 16.2. The predicted molar refractivity (Wildman–Crippen MR) is 85.5 cm³/mol. The third-order valence-corrected chi connectivity index (χ3v) is 3.60. The average Bonchev–Trinajstić information content (AvgIpc) is 2.90. The quantitative estimate of drug-likeness (QED) is 0.871. The topological polar surface area (TPSA) is 32.3 Å². The number of para-hydroxylation sites is 1. The molecular weight excluding hydrogens is 260 g/mol. The minimum absolute atomic E-state index is 0.0274. The highest BCUT2D eigenvalue weighted by Crippen LogP contribution is 2.26. The molecule has 0 radical (unpaired) electrons. The van der Waals surface area contributed by atoms with E-state index in [-0.39, 0.29) is 11.8 Å². The van der Waals surface area contributed by atoms with Crippen LogP contribution >= 0.6 is 0 Å². The summed E-state index contributed by atoms with van der Waals surface area (Å²) in [5.74, 6) is 2.79. The van der Waals surface area contributed by atoms with Gasteiger partial charge in [-0.15, -0.1) is 12.3 Å². The molecule has 3 rings (SSSR count). The maximum Gasteiger partial charge on any atom is 0.228 e. The van der Waals surface area contributed by atoms with Crippen molar-refractivity contribution in [3.05, 3.63) is 54.6 Å². The van der Waals surface area contributed by atoms with Crippen molar-refractivity contribution in [1.29, 1.82) is 0 Å². The Balaban J connectivity index is 1.73. The highest BCUT2D eigenvalue weighted by molar-refractivity contribution is 5.96. The zero-order valence-corrected chi connectivity index (χ0v) is 11.6. The Bertz CT molecular complexity index is 671. The van der Waals surface area contributed by atoms with Crippen LogP contribution in [0.4, 0.5) is 17.1 Å². The molecule has 1 aliphatic heterocycles. The van der Waals surface area contributed by atoms with Crippen molar-refractivity contribution in [2.45, 2.75) is 6.42 Å². The van der Waals surface area contributed by atoms with Gasteiger partial charge in [0.05, 0.1) is 0 Å². The highest BCUT2D eigenvalue weighted by Gasteiger charge is 2.29. The Hall–Kier alpha value is -2.73. The maximum atomic E-state index is 11.9. The fourth-order valence-corrected chi connectivity index (χ4v) is 2.48. The third-order valence-electron chi connectivity index (χ3n) is 3.60. The van der Waals surface area contributed by atoms with E-state index in [1.807, 2.05) is 54.6 Å². The van der Waals surface area contributed by atoms with E-state index in [1.54, 1.807) is 4.90 Å². The molecule has 2 aromatic carbocycles. The average molecular weight is 276 g/mol. The van der Waals surface area contributed by atoms with Crippen molar-refractivity contribution in [2.24, 2.45) is 5.92 Å². The van der Waals surface area contributed by atoms with Crippen molar-refractivity contribution >= 4 is 23.0 Å². The first-order valence-electron chi connectivity index (χ1n) is 6.95. The SMILES string of the molecule is C#CC1CC(=O)N(c2ccc(Nc3ccccc3)cc2)C1. The summed E-state index contributed by atoms with van der Waals surface area (Å²) in [6, 6.07) is 17.8. The van der Waals surface area contributed by atoms with E-state index >= 15 is 0 Å². The Morgan fingerprint density at radius 3 is 2.33 bits per heavy atom. The summed E-state index contributed by atoms with van der Waals surface area (Å²) in [6.07, 6.45) is 5.85. The van der Waals surface area contributed by atoms with Crippen LogP contribution in [0.5, 0.6) is 0 Å². The van der Waals surface area contributed by atoms with Crippen LogP contribution in [0, 0.1) is 18.3 Å². The van der Waals surface area contributed by atoms with Crippen molar-refractivity contribution in [2.75, 3.05) is 16.8 Å². The van der Waals surface area contributed by atoms with Gasteiger partial charge in [-0.05, 0) is 36.4 Å². The lowest BCUT2D eigenvalue weighted by atomic mass is 10.1. The first-order chi connectivity index (χ1) is 10.3. The molecule has 1 saturated heterocycles. The van der Waals surface area contributed by atoms with Crippen LogP contribution in [0.3, 0.4) is 0 Å². The molecule has 104 valence electrons. The zero-order valence-electron chi connectivity index (χ0n) is 11.6. The lowest BCUT2D eigenvalue weighted by Crippen LogP contribution is -2.24. The van der Waals surface area contributed by atoms with E-state index in [0.717, 1.165) is 17.1 Å². The summed E-state index contributed by atoms with van der Waals surface area (Å²) in [5, 5.41) is 3.32. The first-order valence-corrected chi connectivity index (χ1v) is 6.95. The minimum atomic E-state index is 0.0274. The summed E-state index contributed by atoms with van der Waals surface area (Å²) >= 11 is 0. The van der Waals surface area contributed by atoms with E-state index in [1.165, 1.54) is 0 Å². The van der Waals surface area contributed by atoms with Crippen LogP contribution < -0.4 is 10.2 Å². The van der Waals surface area contributed by atoms with Gasteiger partial charge >= 0.3 is 0 Å². The molecule has 0 aliphatic carbocycles. The van der Waals surface area contributed by atoms with Gasteiger partial charge in [0.15, 0.2) is 0 Å². The van der Waals surface area contributed by atoms with Gasteiger partial charge in [-0.25, -0.2) is 0 Å². The minimum Gasteiger partial charge on any atom is -0.356 e. The van der Waals surface area contributed by atoms with Crippen molar-refractivity contribution in [3.63, 3.8) is 0 Å². The van der Waals surface area contributed by atoms with E-state index in [2.05, 4.69) is 11.2 Å². The molecule has 0 saturated carbocycles. The molecule has 3 heteroatoms. The van der Waals surface area contributed by atoms with Gasteiger partial charge < -0.3 is 10.2 Å². The lowest BCUT2D eigenvalue weighted by Gasteiger charge is -2.16. The van der Waals surface area contributed by atoms with Gasteiger partial charge in [-0.3, -0.25) is 4.79 Å². The van der Waals surface area contributed by atoms with E-state index in [9.17, 15) is 4.79 Å². The van der Waals surface area contributed by atoms with Crippen molar-refractivity contribution < 1.29 is 4.79 Å². The number of anilines is 3. The van der Waals surface area contributed by atoms with Gasteiger partial charge in [0.2, 0.25) is 5.91 Å².